The summed E-state index contributed by atoms with van der Waals surface area (Å²) in [5.74, 6) is 0.322. The molecule has 3 aromatic rings. The molecule has 0 aliphatic rings. The fraction of sp³-hybridized carbons (Fsp3) is 0. The third-order valence-electron chi connectivity index (χ3n) is 1.83. The van der Waals surface area contributed by atoms with Crippen molar-refractivity contribution in [2.75, 3.05) is 0 Å². The zero-order valence-corrected chi connectivity index (χ0v) is 10.4. The lowest BCUT2D eigenvalue weighted by Crippen LogP contribution is -1.78. The van der Waals surface area contributed by atoms with E-state index in [4.69, 9.17) is 5.11 Å². The van der Waals surface area contributed by atoms with E-state index in [1.165, 1.54) is 0 Å². The van der Waals surface area contributed by atoms with Gasteiger partial charge in [0.1, 0.15) is 5.75 Å². The first kappa shape index (κ1) is 14.3. The molecule has 0 saturated carbocycles. The van der Waals surface area contributed by atoms with Gasteiger partial charge in [-0.2, -0.15) is 0 Å². The van der Waals surface area contributed by atoms with Crippen LogP contribution in [0.1, 0.15) is 0 Å². The average Bonchev–Trinajstić information content (AvgIpc) is 2.53. The van der Waals surface area contributed by atoms with E-state index in [2.05, 4.69) is 15.4 Å². The highest BCUT2D eigenvalue weighted by molar-refractivity contribution is 5.18. The van der Waals surface area contributed by atoms with E-state index in [9.17, 15) is 0 Å². The van der Waals surface area contributed by atoms with Crippen LogP contribution in [0.2, 0.25) is 0 Å². The van der Waals surface area contributed by atoms with E-state index >= 15 is 0 Å². The molecule has 4 heteroatoms. The van der Waals surface area contributed by atoms with Crippen molar-refractivity contribution in [2.45, 2.75) is 0 Å². The standard InChI is InChI=1S/C6H6O.C6H6.C3H3N3/c7-6-4-2-1-3-5-6;2*1-2-4-6-5-3-1/h1-5,7H;1-6H;1-3H. The van der Waals surface area contributed by atoms with Gasteiger partial charge < -0.3 is 5.11 Å². The van der Waals surface area contributed by atoms with Crippen molar-refractivity contribution < 1.29 is 5.11 Å². The van der Waals surface area contributed by atoms with Crippen LogP contribution in [-0.4, -0.2) is 20.5 Å². The third kappa shape index (κ3) is 9.00. The molecule has 4 nitrogen and oxygen atoms in total. The smallest absolute Gasteiger partial charge is 0.115 e. The van der Waals surface area contributed by atoms with Crippen LogP contribution in [0.15, 0.2) is 85.2 Å². The monoisotopic (exact) mass is 253 g/mol. The lowest BCUT2D eigenvalue weighted by atomic mass is 10.3. The molecule has 0 fully saturated rings. The summed E-state index contributed by atoms with van der Waals surface area (Å²) >= 11 is 0. The molecular weight excluding hydrogens is 238 g/mol. The maximum atomic E-state index is 8.63. The Bertz CT molecular complexity index is 419. The number of aromatic nitrogens is 3. The van der Waals surface area contributed by atoms with Gasteiger partial charge in [0.25, 0.3) is 0 Å². The van der Waals surface area contributed by atoms with Gasteiger partial charge in [0, 0.05) is 0 Å². The number of hydrogen-bond donors (Lipinski definition) is 1. The number of para-hydroxylation sites is 1. The van der Waals surface area contributed by atoms with Gasteiger partial charge in [0.15, 0.2) is 0 Å². The van der Waals surface area contributed by atoms with Crippen molar-refractivity contribution in [1.29, 1.82) is 0 Å². The highest BCUT2D eigenvalue weighted by Crippen LogP contribution is 2.02. The minimum atomic E-state index is 0.322. The van der Waals surface area contributed by atoms with Crippen LogP contribution in [0.4, 0.5) is 0 Å². The molecule has 0 radical (unpaired) electrons. The summed E-state index contributed by atoms with van der Waals surface area (Å²) in [5, 5.41) is 18.8. The first-order valence-electron chi connectivity index (χ1n) is 5.72. The summed E-state index contributed by atoms with van der Waals surface area (Å²) in [7, 11) is 0. The summed E-state index contributed by atoms with van der Waals surface area (Å²) < 4.78 is 0. The van der Waals surface area contributed by atoms with E-state index in [0.717, 1.165) is 0 Å². The lowest BCUT2D eigenvalue weighted by Gasteiger charge is -1.82. The number of nitrogens with zero attached hydrogens (tertiary/aromatic N) is 3. The molecule has 2 aromatic carbocycles. The number of rotatable bonds is 0. The Kier molecular flexibility index (Phi) is 7.84. The molecule has 0 bridgehead atoms. The summed E-state index contributed by atoms with van der Waals surface area (Å²) in [5.41, 5.74) is 0. The maximum absolute atomic E-state index is 8.63. The van der Waals surface area contributed by atoms with E-state index in [0.29, 0.717) is 5.75 Å². The third-order valence-corrected chi connectivity index (χ3v) is 1.83. The SMILES string of the molecule is Oc1ccccc1.c1ccccc1.c1cnnnc1. The molecule has 1 heterocycles. The molecule has 0 spiro atoms. The summed E-state index contributed by atoms with van der Waals surface area (Å²) in [6.07, 6.45) is 3.15. The second-order valence-corrected chi connectivity index (χ2v) is 3.30. The van der Waals surface area contributed by atoms with Crippen LogP contribution in [0.25, 0.3) is 0 Å². The average molecular weight is 253 g/mol. The molecule has 19 heavy (non-hydrogen) atoms. The molecule has 1 aromatic heterocycles. The lowest BCUT2D eigenvalue weighted by molar-refractivity contribution is 0.475. The number of aromatic hydroxyl groups is 1. The van der Waals surface area contributed by atoms with Crippen molar-refractivity contribution >= 4 is 0 Å². The number of phenolic OH excluding ortho intramolecular Hbond substituents is 1. The quantitative estimate of drug-likeness (QED) is 0.669. The highest BCUT2D eigenvalue weighted by Gasteiger charge is 1.74. The van der Waals surface area contributed by atoms with Crippen LogP contribution in [0.5, 0.6) is 5.75 Å². The minimum absolute atomic E-state index is 0.322. The van der Waals surface area contributed by atoms with Gasteiger partial charge in [-0.1, -0.05) is 54.6 Å². The van der Waals surface area contributed by atoms with E-state index in [1.54, 1.807) is 42.7 Å². The van der Waals surface area contributed by atoms with Crippen LogP contribution in [-0.2, 0) is 0 Å². The Balaban J connectivity index is 0.000000143. The van der Waals surface area contributed by atoms with E-state index < -0.39 is 0 Å². The van der Waals surface area contributed by atoms with E-state index in [1.807, 2.05) is 42.5 Å². The van der Waals surface area contributed by atoms with Gasteiger partial charge in [0.2, 0.25) is 0 Å². The second-order valence-electron chi connectivity index (χ2n) is 3.30. The molecule has 0 atom stereocenters. The zero-order valence-electron chi connectivity index (χ0n) is 10.4. The van der Waals surface area contributed by atoms with Gasteiger partial charge in [-0.25, -0.2) is 0 Å². The highest BCUT2D eigenvalue weighted by atomic mass is 16.3. The van der Waals surface area contributed by atoms with Crippen molar-refractivity contribution in [3.8, 4) is 5.75 Å². The Morgan fingerprint density at radius 2 is 1.00 bits per heavy atom. The van der Waals surface area contributed by atoms with Gasteiger partial charge in [0.05, 0.1) is 12.4 Å². The Morgan fingerprint density at radius 1 is 0.579 bits per heavy atom. The largest absolute Gasteiger partial charge is 0.508 e. The van der Waals surface area contributed by atoms with Crippen LogP contribution >= 0.6 is 0 Å². The fourth-order valence-corrected chi connectivity index (χ4v) is 1.02. The number of hydrogen-bond acceptors (Lipinski definition) is 4. The molecule has 1 N–H and O–H groups in total. The van der Waals surface area contributed by atoms with Crippen molar-refractivity contribution in [2.24, 2.45) is 0 Å². The van der Waals surface area contributed by atoms with Gasteiger partial charge in [-0.05, 0) is 23.4 Å². The molecule has 3 rings (SSSR count). The Morgan fingerprint density at radius 3 is 1.21 bits per heavy atom. The summed E-state index contributed by atoms with van der Waals surface area (Å²) in [6.45, 7) is 0. The molecule has 0 aliphatic heterocycles. The molecule has 0 aliphatic carbocycles. The molecule has 0 unspecified atom stereocenters. The number of benzene rings is 2. The van der Waals surface area contributed by atoms with Crippen LogP contribution < -0.4 is 0 Å². The first-order valence-corrected chi connectivity index (χ1v) is 5.72. The molecular formula is C15H15N3O. The van der Waals surface area contributed by atoms with Gasteiger partial charge in [-0.3, -0.25) is 0 Å². The molecule has 0 amide bonds. The minimum Gasteiger partial charge on any atom is -0.508 e. The van der Waals surface area contributed by atoms with Gasteiger partial charge in [-0.15, -0.1) is 10.2 Å². The van der Waals surface area contributed by atoms with E-state index in [-0.39, 0.29) is 0 Å². The molecule has 0 saturated heterocycles. The Hall–Kier alpha value is -2.75. The second kappa shape index (κ2) is 10.4. The predicted molar refractivity (Wildman–Crippen MR) is 74.4 cm³/mol. The van der Waals surface area contributed by atoms with Crippen molar-refractivity contribution in [1.82, 2.24) is 15.4 Å². The van der Waals surface area contributed by atoms with Crippen LogP contribution in [0, 0.1) is 0 Å². The first-order chi connectivity index (χ1) is 9.39. The summed E-state index contributed by atoms with van der Waals surface area (Å²) in [4.78, 5) is 0. The summed E-state index contributed by atoms with van der Waals surface area (Å²) in [6, 6.07) is 22.4. The zero-order chi connectivity index (χ0) is 13.6. The predicted octanol–water partition coefficient (Wildman–Crippen LogP) is 2.95. The van der Waals surface area contributed by atoms with Gasteiger partial charge >= 0.3 is 0 Å². The normalized spacial score (nSPS) is 8.21. The fourth-order valence-electron chi connectivity index (χ4n) is 1.02. The van der Waals surface area contributed by atoms with Crippen molar-refractivity contribution in [3.05, 3.63) is 85.2 Å². The topological polar surface area (TPSA) is 58.9 Å². The van der Waals surface area contributed by atoms with Crippen molar-refractivity contribution in [3.63, 3.8) is 0 Å². The Labute approximate surface area is 112 Å². The van der Waals surface area contributed by atoms with Crippen LogP contribution in [0.3, 0.4) is 0 Å². The maximum Gasteiger partial charge on any atom is 0.115 e. The molecule has 96 valence electrons. The number of phenols is 1.